The summed E-state index contributed by atoms with van der Waals surface area (Å²) in [6.45, 7) is 3.76. The second kappa shape index (κ2) is 8.37. The number of aromatic nitrogens is 1. The standard InChI is InChI=1S/C7H10N.C2H5NS.HI/c1-7-3-5-8(2)6-4-7;1-2(3)4;/h3-6H,1-2H3;1H3,(H2,3,4);1H/q+1;;/p-1. The first-order chi connectivity index (χ1) is 5.52. The van der Waals surface area contributed by atoms with E-state index in [1.165, 1.54) is 5.56 Å². The lowest BCUT2D eigenvalue weighted by Gasteiger charge is -1.85. The quantitative estimate of drug-likeness (QED) is 0.345. The molecule has 0 saturated heterocycles. The average molecular weight is 310 g/mol. The molecule has 13 heavy (non-hydrogen) atoms. The lowest BCUT2D eigenvalue weighted by atomic mass is 10.3. The summed E-state index contributed by atoms with van der Waals surface area (Å²) in [6.07, 6.45) is 4.07. The largest absolute Gasteiger partial charge is 1.00 e. The van der Waals surface area contributed by atoms with E-state index >= 15 is 0 Å². The van der Waals surface area contributed by atoms with Gasteiger partial charge in [-0.15, -0.1) is 0 Å². The van der Waals surface area contributed by atoms with Gasteiger partial charge in [0, 0.05) is 12.1 Å². The lowest BCUT2D eigenvalue weighted by Crippen LogP contribution is -3.00. The number of hydrogen-bond acceptors (Lipinski definition) is 1. The Morgan fingerprint density at radius 2 is 1.69 bits per heavy atom. The molecule has 0 saturated carbocycles. The van der Waals surface area contributed by atoms with Crippen molar-refractivity contribution in [3.05, 3.63) is 30.1 Å². The molecule has 2 nitrogen and oxygen atoms in total. The molecule has 1 rings (SSSR count). The predicted octanol–water partition coefficient (Wildman–Crippen LogP) is -1.88. The van der Waals surface area contributed by atoms with Gasteiger partial charge in [0.25, 0.3) is 0 Å². The molecule has 0 aliphatic carbocycles. The first-order valence-electron chi connectivity index (χ1n) is 3.70. The number of pyridine rings is 1. The Kier molecular flexibility index (Phi) is 9.82. The summed E-state index contributed by atoms with van der Waals surface area (Å²) in [5.41, 5.74) is 6.15. The minimum Gasteiger partial charge on any atom is -1.00 e. The third-order valence-electron chi connectivity index (χ3n) is 1.15. The van der Waals surface area contributed by atoms with Crippen LogP contribution < -0.4 is 34.3 Å². The predicted molar refractivity (Wildman–Crippen MR) is 54.8 cm³/mol. The summed E-state index contributed by atoms with van der Waals surface area (Å²) >= 11 is 4.31. The molecule has 0 radical (unpaired) electrons. The number of nitrogens with two attached hydrogens (primary N) is 1. The molecule has 0 spiro atoms. The minimum absolute atomic E-state index is 0. The van der Waals surface area contributed by atoms with Gasteiger partial charge in [-0.3, -0.25) is 0 Å². The molecule has 0 aromatic carbocycles. The van der Waals surface area contributed by atoms with Gasteiger partial charge in [-0.25, -0.2) is 4.57 Å². The average Bonchev–Trinajstić information content (AvgIpc) is 1.94. The summed E-state index contributed by atoms with van der Waals surface area (Å²) < 4.78 is 2.02. The first-order valence-corrected chi connectivity index (χ1v) is 4.11. The van der Waals surface area contributed by atoms with Gasteiger partial charge >= 0.3 is 0 Å². The Bertz CT molecular complexity index is 221. The number of halogens is 1. The molecule has 0 fully saturated rings. The lowest BCUT2D eigenvalue weighted by molar-refractivity contribution is -0.671. The van der Waals surface area contributed by atoms with Gasteiger partial charge in [0.2, 0.25) is 0 Å². The molecule has 2 N–H and O–H groups in total. The van der Waals surface area contributed by atoms with Crippen molar-refractivity contribution in [2.24, 2.45) is 12.8 Å². The third-order valence-corrected chi connectivity index (χ3v) is 1.15. The van der Waals surface area contributed by atoms with Crippen molar-refractivity contribution in [1.82, 2.24) is 0 Å². The molecule has 1 heterocycles. The molecule has 0 bridgehead atoms. The van der Waals surface area contributed by atoms with E-state index in [0.29, 0.717) is 4.99 Å². The van der Waals surface area contributed by atoms with Crippen molar-refractivity contribution < 1.29 is 28.5 Å². The zero-order chi connectivity index (χ0) is 9.56. The van der Waals surface area contributed by atoms with Crippen LogP contribution in [0.3, 0.4) is 0 Å². The highest BCUT2D eigenvalue weighted by atomic mass is 127. The van der Waals surface area contributed by atoms with Crippen LogP contribution in [-0.2, 0) is 7.05 Å². The number of rotatable bonds is 0. The molecular weight excluding hydrogens is 295 g/mol. The first kappa shape index (κ1) is 15.3. The second-order valence-electron chi connectivity index (χ2n) is 2.65. The second-order valence-corrected chi connectivity index (χ2v) is 3.30. The van der Waals surface area contributed by atoms with Gasteiger partial charge < -0.3 is 29.7 Å². The van der Waals surface area contributed by atoms with Gasteiger partial charge in [0.1, 0.15) is 7.05 Å². The van der Waals surface area contributed by atoms with Gasteiger partial charge in [-0.1, -0.05) is 12.2 Å². The van der Waals surface area contributed by atoms with Crippen LogP contribution >= 0.6 is 12.2 Å². The Balaban J connectivity index is 0. The van der Waals surface area contributed by atoms with Crippen molar-refractivity contribution in [2.75, 3.05) is 0 Å². The topological polar surface area (TPSA) is 29.9 Å². The van der Waals surface area contributed by atoms with Crippen LogP contribution in [0.1, 0.15) is 12.5 Å². The van der Waals surface area contributed by atoms with Crippen LogP contribution in [-0.4, -0.2) is 4.99 Å². The normalized spacial score (nSPS) is 7.62. The Labute approximate surface area is 102 Å². The Morgan fingerprint density at radius 3 is 1.92 bits per heavy atom. The molecule has 74 valence electrons. The highest BCUT2D eigenvalue weighted by molar-refractivity contribution is 7.80. The zero-order valence-corrected chi connectivity index (χ0v) is 11.1. The summed E-state index contributed by atoms with van der Waals surface area (Å²) in [5, 5.41) is 0. The van der Waals surface area contributed by atoms with E-state index < -0.39 is 0 Å². The van der Waals surface area contributed by atoms with E-state index in [1.54, 1.807) is 6.92 Å². The molecule has 0 unspecified atom stereocenters. The van der Waals surface area contributed by atoms with Gasteiger partial charge in [-0.05, 0) is 19.4 Å². The van der Waals surface area contributed by atoms with Gasteiger partial charge in [0.05, 0.1) is 4.99 Å². The molecular formula is C9H15IN2S. The van der Waals surface area contributed by atoms with E-state index in [9.17, 15) is 0 Å². The molecule has 4 heteroatoms. The number of aryl methyl sites for hydroxylation is 2. The maximum Gasteiger partial charge on any atom is 0.168 e. The zero-order valence-electron chi connectivity index (χ0n) is 8.12. The molecule has 0 aliphatic heterocycles. The van der Waals surface area contributed by atoms with Crippen molar-refractivity contribution in [3.63, 3.8) is 0 Å². The maximum atomic E-state index is 4.84. The van der Waals surface area contributed by atoms with E-state index in [0.717, 1.165) is 0 Å². The minimum atomic E-state index is 0. The molecule has 0 amide bonds. The number of hydrogen-bond donors (Lipinski definition) is 1. The Morgan fingerprint density at radius 1 is 1.38 bits per heavy atom. The van der Waals surface area contributed by atoms with E-state index in [4.69, 9.17) is 5.73 Å². The van der Waals surface area contributed by atoms with Crippen molar-refractivity contribution in [3.8, 4) is 0 Å². The van der Waals surface area contributed by atoms with E-state index in [1.807, 2.05) is 24.0 Å². The molecule has 1 aromatic rings. The monoisotopic (exact) mass is 310 g/mol. The number of nitrogens with zero attached hydrogens (tertiary/aromatic N) is 1. The summed E-state index contributed by atoms with van der Waals surface area (Å²) in [5.74, 6) is 0. The summed E-state index contributed by atoms with van der Waals surface area (Å²) in [4.78, 5) is 0.500. The van der Waals surface area contributed by atoms with Crippen LogP contribution in [0, 0.1) is 6.92 Å². The number of thiocarbonyl (C=S) groups is 1. The van der Waals surface area contributed by atoms with E-state index in [2.05, 4.69) is 31.3 Å². The van der Waals surface area contributed by atoms with Crippen molar-refractivity contribution in [2.45, 2.75) is 13.8 Å². The maximum absolute atomic E-state index is 4.84. The van der Waals surface area contributed by atoms with E-state index in [-0.39, 0.29) is 24.0 Å². The van der Waals surface area contributed by atoms with Crippen molar-refractivity contribution in [1.29, 1.82) is 0 Å². The molecule has 0 aliphatic rings. The fraction of sp³-hybridized carbons (Fsp3) is 0.333. The summed E-state index contributed by atoms with van der Waals surface area (Å²) in [6, 6.07) is 4.17. The van der Waals surface area contributed by atoms with Crippen LogP contribution in [0.2, 0.25) is 0 Å². The SMILES string of the molecule is CC(N)=S.Cc1cc[n+](C)cc1.[I-]. The van der Waals surface area contributed by atoms with Gasteiger partial charge in [-0.2, -0.15) is 0 Å². The smallest absolute Gasteiger partial charge is 0.168 e. The highest BCUT2D eigenvalue weighted by Gasteiger charge is 1.85. The molecule has 1 aromatic heterocycles. The van der Waals surface area contributed by atoms with Crippen LogP contribution in [0.25, 0.3) is 0 Å². The molecule has 0 atom stereocenters. The van der Waals surface area contributed by atoms with Crippen LogP contribution in [0.15, 0.2) is 24.5 Å². The third kappa shape index (κ3) is 11.8. The summed E-state index contributed by atoms with van der Waals surface area (Å²) in [7, 11) is 2.01. The van der Waals surface area contributed by atoms with Crippen LogP contribution in [0.4, 0.5) is 0 Å². The Hall–Kier alpha value is -0.230. The van der Waals surface area contributed by atoms with Gasteiger partial charge in [0.15, 0.2) is 12.4 Å². The van der Waals surface area contributed by atoms with Crippen LogP contribution in [0.5, 0.6) is 0 Å². The fourth-order valence-corrected chi connectivity index (χ4v) is 0.576. The van der Waals surface area contributed by atoms with Crippen molar-refractivity contribution >= 4 is 17.2 Å². The highest BCUT2D eigenvalue weighted by Crippen LogP contribution is 1.87. The fourth-order valence-electron chi connectivity index (χ4n) is 0.576.